The molecule has 1 amide bonds. The SMILES string of the molecule is CCOC(=O)COC(=O)c1cc(Oc2ccc(C(F)(F)F)cc2Cl)ccc1[N+](=O)[O-].CCc1cccc(C)c1N(C(=O)CCl)C(C)COC.CS(=O)(=O)c1ccc(C(=O)C2C(=O)CCCC2=O)c([N+](=O)[O-])c1. The maximum absolute atomic E-state index is 12.7. The van der Waals surface area contributed by atoms with Crippen LogP contribution in [0.1, 0.15) is 77.4 Å². The maximum Gasteiger partial charge on any atom is 0.416 e. The number of methoxy groups -OCH3 is 1. The normalized spacial score (nSPS) is 13.0. The molecule has 0 aliphatic heterocycles. The number of nitro groups is 2. The fourth-order valence-corrected chi connectivity index (χ4v) is 7.96. The standard InChI is InChI=1S/C18H13ClF3NO7.C15H22ClNO2.C14H13NO7S/c1-2-28-16(24)9-29-17(25)12-8-11(4-5-14(12)23(26)27)30-15-6-3-10(7-13(15)19)18(20,21)22;1-5-13-8-6-7-11(2)15(13)17(14(18)9-16)12(3)10-19-4;1-23(21,22)8-5-6-9(10(7-8)15(19)20)14(18)13-11(16)3-2-4-12(13)17/h3-8H,2,9H2,1H3;6-8,12H,5,9-10H2,1-4H3;5-7,13H,2-4H2,1H3. The maximum atomic E-state index is 12.7. The molecule has 72 heavy (non-hydrogen) atoms. The Hall–Kier alpha value is -6.82. The number of ketones is 3. The summed E-state index contributed by atoms with van der Waals surface area (Å²) >= 11 is 11.6. The number of halogens is 5. The zero-order valence-electron chi connectivity index (χ0n) is 39.4. The van der Waals surface area contributed by atoms with Gasteiger partial charge in [-0.25, -0.2) is 18.0 Å². The first-order chi connectivity index (χ1) is 33.7. The molecule has 0 saturated heterocycles. The van der Waals surface area contributed by atoms with E-state index in [-0.39, 0.29) is 58.7 Å². The number of benzene rings is 4. The monoisotopic (exact) mass is 1070 g/mol. The van der Waals surface area contributed by atoms with Crippen LogP contribution in [0.4, 0.5) is 30.2 Å². The lowest BCUT2D eigenvalue weighted by molar-refractivity contribution is -0.385. The van der Waals surface area contributed by atoms with Crippen LogP contribution in [-0.4, -0.2) is 98.6 Å². The Kier molecular flexibility index (Phi) is 22.0. The number of hydrogen-bond acceptors (Lipinski definition) is 16. The molecule has 0 bridgehead atoms. The molecule has 0 aromatic heterocycles. The Bertz CT molecular complexity index is 2810. The first-order valence-corrected chi connectivity index (χ1v) is 24.2. The lowest BCUT2D eigenvalue weighted by Crippen LogP contribution is -2.43. The fraction of sp³-hybridized carbons (Fsp3) is 0.362. The van der Waals surface area contributed by atoms with Gasteiger partial charge in [0.1, 0.15) is 28.9 Å². The second-order valence-electron chi connectivity index (χ2n) is 15.5. The Balaban J connectivity index is 0.000000293. The number of hydrogen-bond donors (Lipinski definition) is 0. The van der Waals surface area contributed by atoms with Gasteiger partial charge in [-0.3, -0.25) is 39.4 Å². The van der Waals surface area contributed by atoms with Gasteiger partial charge in [-0.1, -0.05) is 36.7 Å². The van der Waals surface area contributed by atoms with Crippen molar-refractivity contribution in [2.24, 2.45) is 5.92 Å². The minimum Gasteiger partial charge on any atom is -0.463 e. The number of amides is 1. The largest absolute Gasteiger partial charge is 0.463 e. The summed E-state index contributed by atoms with van der Waals surface area (Å²) in [5, 5.41) is 21.9. The molecule has 0 N–H and O–H groups in total. The third kappa shape index (κ3) is 16.1. The molecule has 19 nitrogen and oxygen atoms in total. The number of rotatable bonds is 17. The predicted molar refractivity (Wildman–Crippen MR) is 255 cm³/mol. The van der Waals surface area contributed by atoms with Gasteiger partial charge in [0.05, 0.1) is 55.8 Å². The third-order valence-electron chi connectivity index (χ3n) is 10.3. The van der Waals surface area contributed by atoms with Gasteiger partial charge >= 0.3 is 18.1 Å². The van der Waals surface area contributed by atoms with Crippen molar-refractivity contribution in [2.45, 2.75) is 70.5 Å². The van der Waals surface area contributed by atoms with Crippen LogP contribution in [0, 0.1) is 33.1 Å². The van der Waals surface area contributed by atoms with Crippen LogP contribution >= 0.6 is 23.2 Å². The number of sulfone groups is 1. The summed E-state index contributed by atoms with van der Waals surface area (Å²) in [5.41, 5.74) is -0.117. The highest BCUT2D eigenvalue weighted by molar-refractivity contribution is 7.90. The molecule has 1 aliphatic carbocycles. The summed E-state index contributed by atoms with van der Waals surface area (Å²) < 4.78 is 80.9. The Morgan fingerprint density at radius 3 is 2.06 bits per heavy atom. The first-order valence-electron chi connectivity index (χ1n) is 21.4. The van der Waals surface area contributed by atoms with Gasteiger partial charge in [0, 0.05) is 44.4 Å². The van der Waals surface area contributed by atoms with E-state index in [0.717, 1.165) is 78.0 Å². The van der Waals surface area contributed by atoms with Crippen LogP contribution in [0.3, 0.4) is 0 Å². The summed E-state index contributed by atoms with van der Waals surface area (Å²) in [7, 11) is -2.06. The molecule has 1 saturated carbocycles. The average molecular weight is 1070 g/mol. The second kappa shape index (κ2) is 26.6. The van der Waals surface area contributed by atoms with E-state index in [2.05, 4.69) is 17.7 Å². The Morgan fingerprint density at radius 1 is 0.889 bits per heavy atom. The van der Waals surface area contributed by atoms with Gasteiger partial charge in [-0.05, 0) is 81.1 Å². The highest BCUT2D eigenvalue weighted by Crippen LogP contribution is 2.38. The molecule has 0 spiro atoms. The quantitative estimate of drug-likeness (QED) is 0.0238. The molecular formula is C47H48Cl2F3N3O16S. The minimum atomic E-state index is -4.61. The Labute approximate surface area is 420 Å². The number of carbonyl (C=O) groups is 6. The highest BCUT2D eigenvalue weighted by Gasteiger charge is 2.39. The number of alkyl halides is 4. The van der Waals surface area contributed by atoms with E-state index in [1.165, 1.54) is 6.92 Å². The molecule has 0 radical (unpaired) electrons. The number of anilines is 1. The van der Waals surface area contributed by atoms with Crippen LogP contribution in [-0.2, 0) is 55.8 Å². The average Bonchev–Trinajstić information content (AvgIpc) is 3.31. The summed E-state index contributed by atoms with van der Waals surface area (Å²) in [4.78, 5) is 93.7. The van der Waals surface area contributed by atoms with Crippen molar-refractivity contribution in [3.05, 3.63) is 126 Å². The predicted octanol–water partition coefficient (Wildman–Crippen LogP) is 9.06. The molecular weight excluding hydrogens is 1020 g/mol. The molecule has 5 rings (SSSR count). The van der Waals surface area contributed by atoms with Crippen molar-refractivity contribution < 1.29 is 79.2 Å². The number of Topliss-reactive ketones (excluding diaryl/α,β-unsaturated/α-hetero) is 3. The number of para-hydroxylation sites is 1. The topological polar surface area (TPSA) is 263 Å². The lowest BCUT2D eigenvalue weighted by atomic mass is 9.81. The summed E-state index contributed by atoms with van der Waals surface area (Å²) in [6.45, 7) is 7.39. The van der Waals surface area contributed by atoms with E-state index >= 15 is 0 Å². The van der Waals surface area contributed by atoms with Gasteiger partial charge in [-0.15, -0.1) is 11.6 Å². The minimum absolute atomic E-state index is 0.0223. The van der Waals surface area contributed by atoms with E-state index in [0.29, 0.717) is 19.1 Å². The molecule has 4 aromatic rings. The highest BCUT2D eigenvalue weighted by atomic mass is 35.5. The number of nitrogens with zero attached hydrogens (tertiary/aromatic N) is 3. The lowest BCUT2D eigenvalue weighted by Gasteiger charge is -2.31. The number of nitro benzene ring substituents is 2. The zero-order valence-corrected chi connectivity index (χ0v) is 41.7. The second-order valence-corrected chi connectivity index (χ2v) is 18.2. The molecule has 4 aromatic carbocycles. The van der Waals surface area contributed by atoms with Crippen molar-refractivity contribution in [1.82, 2.24) is 0 Å². The van der Waals surface area contributed by atoms with Crippen molar-refractivity contribution >= 4 is 85.3 Å². The van der Waals surface area contributed by atoms with E-state index in [1.54, 1.807) is 12.0 Å². The van der Waals surface area contributed by atoms with Crippen molar-refractivity contribution in [3.63, 3.8) is 0 Å². The fourth-order valence-electron chi connectivity index (χ4n) is 6.97. The molecule has 1 atom stereocenters. The number of ether oxygens (including phenoxy) is 4. The van der Waals surface area contributed by atoms with Crippen LogP contribution < -0.4 is 9.64 Å². The smallest absolute Gasteiger partial charge is 0.416 e. The molecule has 0 heterocycles. The summed E-state index contributed by atoms with van der Waals surface area (Å²) in [5.74, 6) is -6.08. The molecule has 25 heteroatoms. The van der Waals surface area contributed by atoms with E-state index in [9.17, 15) is 70.6 Å². The first kappa shape index (κ1) is 59.5. The van der Waals surface area contributed by atoms with E-state index in [1.807, 2.05) is 26.0 Å². The van der Waals surface area contributed by atoms with Gasteiger partial charge in [-0.2, -0.15) is 13.2 Å². The van der Waals surface area contributed by atoms with Crippen LogP contribution in [0.15, 0.2) is 77.7 Å². The molecule has 388 valence electrons. The van der Waals surface area contributed by atoms with E-state index < -0.39 is 95.7 Å². The number of esters is 2. The van der Waals surface area contributed by atoms with Crippen molar-refractivity contribution in [3.8, 4) is 11.5 Å². The van der Waals surface area contributed by atoms with Gasteiger partial charge in [0.25, 0.3) is 11.4 Å². The van der Waals surface area contributed by atoms with Crippen molar-refractivity contribution in [1.29, 1.82) is 0 Å². The van der Waals surface area contributed by atoms with Gasteiger partial charge < -0.3 is 23.8 Å². The molecule has 1 aliphatic rings. The zero-order chi connectivity index (χ0) is 54.2. The number of carbonyl (C=O) groups excluding carboxylic acids is 6. The molecule has 1 fully saturated rings. The third-order valence-corrected chi connectivity index (χ3v) is 11.9. The summed E-state index contributed by atoms with van der Waals surface area (Å²) in [6, 6.07) is 14.2. The molecule has 1 unspecified atom stereocenters. The van der Waals surface area contributed by atoms with Crippen molar-refractivity contribution in [2.75, 3.05) is 44.0 Å². The van der Waals surface area contributed by atoms with Crippen LogP contribution in [0.5, 0.6) is 11.5 Å². The van der Waals surface area contributed by atoms with Crippen LogP contribution in [0.25, 0.3) is 0 Å². The summed E-state index contributed by atoms with van der Waals surface area (Å²) in [6.07, 6.45) is -2.36. The number of aryl methyl sites for hydroxylation is 2. The van der Waals surface area contributed by atoms with Crippen LogP contribution in [0.2, 0.25) is 5.02 Å². The van der Waals surface area contributed by atoms with Gasteiger partial charge in [0.2, 0.25) is 5.91 Å². The Morgan fingerprint density at radius 2 is 1.53 bits per heavy atom. The van der Waals surface area contributed by atoms with Gasteiger partial charge in [0.15, 0.2) is 33.8 Å². The van der Waals surface area contributed by atoms with E-state index in [4.69, 9.17) is 37.4 Å².